The predicted octanol–water partition coefficient (Wildman–Crippen LogP) is 1.78. The lowest BCUT2D eigenvalue weighted by Crippen LogP contribution is -1.96. The summed E-state index contributed by atoms with van der Waals surface area (Å²) >= 11 is 3.43. The number of nitrogens with one attached hydrogen (secondary N) is 1. The van der Waals surface area contributed by atoms with Crippen LogP contribution in [0.4, 0.5) is 0 Å². The van der Waals surface area contributed by atoms with Gasteiger partial charge in [-0.05, 0) is 27.6 Å². The van der Waals surface area contributed by atoms with Crippen molar-refractivity contribution >= 4 is 26.8 Å². The summed E-state index contributed by atoms with van der Waals surface area (Å²) in [7, 11) is 0. The van der Waals surface area contributed by atoms with Gasteiger partial charge in [0.25, 0.3) is 0 Å². The third kappa shape index (κ3) is 1.04. The Bertz CT molecular complexity index is 408. The Labute approximate surface area is 78.1 Å². The molecule has 0 amide bonds. The highest BCUT2D eigenvalue weighted by molar-refractivity contribution is 9.10. The molecule has 2 rings (SSSR count). The van der Waals surface area contributed by atoms with Gasteiger partial charge < -0.3 is 5.73 Å². The molecule has 3 nitrogen and oxygen atoms in total. The Kier molecular flexibility index (Phi) is 1.86. The molecule has 0 spiro atoms. The van der Waals surface area contributed by atoms with Crippen LogP contribution in [0.15, 0.2) is 22.8 Å². The number of halogens is 1. The van der Waals surface area contributed by atoms with Crippen molar-refractivity contribution in [2.24, 2.45) is 5.73 Å². The van der Waals surface area contributed by atoms with Gasteiger partial charge in [-0.3, -0.25) is 5.10 Å². The fourth-order valence-corrected chi connectivity index (χ4v) is 1.67. The van der Waals surface area contributed by atoms with Crippen LogP contribution in [-0.4, -0.2) is 10.2 Å². The Morgan fingerprint density at radius 1 is 1.50 bits per heavy atom. The molecule has 12 heavy (non-hydrogen) atoms. The lowest BCUT2D eigenvalue weighted by atomic mass is 10.1. The van der Waals surface area contributed by atoms with Gasteiger partial charge in [-0.25, -0.2) is 0 Å². The van der Waals surface area contributed by atoms with E-state index in [1.807, 2.05) is 12.1 Å². The Morgan fingerprint density at radius 2 is 2.33 bits per heavy atom. The van der Waals surface area contributed by atoms with Gasteiger partial charge in [-0.2, -0.15) is 5.10 Å². The number of aromatic amines is 1. The molecule has 2 aromatic rings. The number of hydrogen-bond donors (Lipinski definition) is 2. The first-order chi connectivity index (χ1) is 5.83. The van der Waals surface area contributed by atoms with E-state index in [0.29, 0.717) is 6.54 Å². The van der Waals surface area contributed by atoms with Gasteiger partial charge in [0.05, 0.1) is 11.7 Å². The lowest BCUT2D eigenvalue weighted by Gasteiger charge is -1.99. The summed E-state index contributed by atoms with van der Waals surface area (Å²) in [6.07, 6.45) is 1.79. The molecule has 0 atom stereocenters. The van der Waals surface area contributed by atoms with E-state index in [9.17, 15) is 0 Å². The Balaban J connectivity index is 2.82. The molecule has 1 aromatic heterocycles. The van der Waals surface area contributed by atoms with Gasteiger partial charge in [0.1, 0.15) is 0 Å². The molecule has 0 unspecified atom stereocenters. The van der Waals surface area contributed by atoms with Crippen molar-refractivity contribution < 1.29 is 0 Å². The fraction of sp³-hybridized carbons (Fsp3) is 0.125. The molecule has 0 saturated heterocycles. The van der Waals surface area contributed by atoms with Crippen LogP contribution in [0.1, 0.15) is 5.56 Å². The summed E-state index contributed by atoms with van der Waals surface area (Å²) in [5, 5.41) is 7.96. The molecular weight excluding hydrogens is 218 g/mol. The van der Waals surface area contributed by atoms with Gasteiger partial charge in [-0.1, -0.05) is 6.07 Å². The summed E-state index contributed by atoms with van der Waals surface area (Å²) in [4.78, 5) is 0. The molecule has 0 radical (unpaired) electrons. The maximum atomic E-state index is 5.57. The summed E-state index contributed by atoms with van der Waals surface area (Å²) in [5.74, 6) is 0. The first-order valence-corrected chi connectivity index (χ1v) is 4.42. The maximum Gasteiger partial charge on any atom is 0.0795 e. The van der Waals surface area contributed by atoms with E-state index in [1.165, 1.54) is 0 Å². The second-order valence-corrected chi connectivity index (χ2v) is 3.42. The van der Waals surface area contributed by atoms with Crippen LogP contribution < -0.4 is 5.73 Å². The zero-order valence-electron chi connectivity index (χ0n) is 6.34. The number of aromatic nitrogens is 2. The minimum Gasteiger partial charge on any atom is -0.326 e. The van der Waals surface area contributed by atoms with E-state index >= 15 is 0 Å². The molecule has 0 aliphatic rings. The smallest absolute Gasteiger partial charge is 0.0795 e. The van der Waals surface area contributed by atoms with Crippen molar-refractivity contribution in [1.82, 2.24) is 10.2 Å². The van der Waals surface area contributed by atoms with E-state index in [-0.39, 0.29) is 0 Å². The van der Waals surface area contributed by atoms with Crippen molar-refractivity contribution in [3.05, 3.63) is 28.4 Å². The van der Waals surface area contributed by atoms with Crippen LogP contribution in [-0.2, 0) is 6.54 Å². The van der Waals surface area contributed by atoms with Crippen molar-refractivity contribution in [1.29, 1.82) is 0 Å². The number of benzene rings is 1. The number of fused-ring (bicyclic) bond motifs is 1. The van der Waals surface area contributed by atoms with Crippen molar-refractivity contribution in [3.8, 4) is 0 Å². The molecule has 0 aliphatic carbocycles. The molecule has 1 aromatic carbocycles. The number of H-pyrrole nitrogens is 1. The van der Waals surface area contributed by atoms with Crippen molar-refractivity contribution in [2.45, 2.75) is 6.54 Å². The van der Waals surface area contributed by atoms with Gasteiger partial charge in [0.2, 0.25) is 0 Å². The van der Waals surface area contributed by atoms with Gasteiger partial charge in [-0.15, -0.1) is 0 Å². The number of hydrogen-bond acceptors (Lipinski definition) is 2. The third-order valence-corrected chi connectivity index (χ3v) is 2.54. The first-order valence-electron chi connectivity index (χ1n) is 3.63. The highest BCUT2D eigenvalue weighted by Gasteiger charge is 2.03. The summed E-state index contributed by atoms with van der Waals surface area (Å²) in [6.45, 7) is 0.545. The molecular formula is C8H8BrN3. The molecule has 4 heteroatoms. The standard InChI is InChI=1S/C8H8BrN3/c9-7-2-1-5(3-10)6-4-11-12-8(6)7/h1-2,4H,3,10H2,(H,11,12). The third-order valence-electron chi connectivity index (χ3n) is 1.87. The molecule has 0 aliphatic heterocycles. The molecule has 3 N–H and O–H groups in total. The average molecular weight is 226 g/mol. The molecule has 62 valence electrons. The molecule has 0 saturated carbocycles. The molecule has 0 bridgehead atoms. The van der Waals surface area contributed by atoms with Crippen molar-refractivity contribution in [3.63, 3.8) is 0 Å². The highest BCUT2D eigenvalue weighted by atomic mass is 79.9. The van der Waals surface area contributed by atoms with Gasteiger partial charge in [0.15, 0.2) is 0 Å². The average Bonchev–Trinajstić information content (AvgIpc) is 2.54. The maximum absolute atomic E-state index is 5.57. The van der Waals surface area contributed by atoms with Crippen LogP contribution >= 0.6 is 15.9 Å². The summed E-state index contributed by atoms with van der Waals surface area (Å²) in [6, 6.07) is 3.98. The molecule has 0 fully saturated rings. The first kappa shape index (κ1) is 7.76. The predicted molar refractivity (Wildman–Crippen MR) is 51.7 cm³/mol. The zero-order valence-corrected chi connectivity index (χ0v) is 7.93. The minimum atomic E-state index is 0.545. The number of rotatable bonds is 1. The van der Waals surface area contributed by atoms with Crippen LogP contribution in [0.25, 0.3) is 10.9 Å². The topological polar surface area (TPSA) is 54.7 Å². The Morgan fingerprint density at radius 3 is 3.08 bits per heavy atom. The van der Waals surface area contributed by atoms with Crippen LogP contribution in [0.3, 0.4) is 0 Å². The van der Waals surface area contributed by atoms with E-state index < -0.39 is 0 Å². The fourth-order valence-electron chi connectivity index (χ4n) is 1.24. The monoisotopic (exact) mass is 225 g/mol. The highest BCUT2D eigenvalue weighted by Crippen LogP contribution is 2.24. The van der Waals surface area contributed by atoms with Crippen LogP contribution in [0.5, 0.6) is 0 Å². The van der Waals surface area contributed by atoms with E-state index in [1.54, 1.807) is 6.20 Å². The quantitative estimate of drug-likeness (QED) is 0.778. The summed E-state index contributed by atoms with van der Waals surface area (Å²) in [5.41, 5.74) is 7.69. The van der Waals surface area contributed by atoms with Crippen molar-refractivity contribution in [2.75, 3.05) is 0 Å². The van der Waals surface area contributed by atoms with E-state index in [0.717, 1.165) is 20.9 Å². The summed E-state index contributed by atoms with van der Waals surface area (Å²) < 4.78 is 1.02. The van der Waals surface area contributed by atoms with E-state index in [2.05, 4.69) is 26.1 Å². The van der Waals surface area contributed by atoms with Crippen LogP contribution in [0, 0.1) is 0 Å². The minimum absolute atomic E-state index is 0.545. The van der Waals surface area contributed by atoms with Gasteiger partial charge in [0, 0.05) is 16.4 Å². The molecule has 1 heterocycles. The van der Waals surface area contributed by atoms with Gasteiger partial charge >= 0.3 is 0 Å². The number of nitrogens with zero attached hydrogens (tertiary/aromatic N) is 1. The largest absolute Gasteiger partial charge is 0.326 e. The lowest BCUT2D eigenvalue weighted by molar-refractivity contribution is 1.09. The zero-order chi connectivity index (χ0) is 8.55. The normalized spacial score (nSPS) is 10.8. The van der Waals surface area contributed by atoms with E-state index in [4.69, 9.17) is 5.73 Å². The second-order valence-electron chi connectivity index (χ2n) is 2.57. The SMILES string of the molecule is NCc1ccc(Br)c2[nH]ncc12. The second kappa shape index (κ2) is 2.88. The van der Waals surface area contributed by atoms with Crippen LogP contribution in [0.2, 0.25) is 0 Å². The Hall–Kier alpha value is -0.870. The number of nitrogens with two attached hydrogens (primary N) is 1.